The van der Waals surface area contributed by atoms with Crippen molar-refractivity contribution in [3.8, 4) is 0 Å². The van der Waals surface area contributed by atoms with E-state index in [2.05, 4.69) is 18.1 Å². The van der Waals surface area contributed by atoms with Crippen molar-refractivity contribution < 1.29 is 29.7 Å². The number of aryl methyl sites for hydroxylation is 4. The predicted molar refractivity (Wildman–Crippen MR) is 53.2 cm³/mol. The topological polar surface area (TPSA) is 16.8 Å². The number of rotatable bonds is 0. The molecule has 2 nitrogen and oxygen atoms in total. The van der Waals surface area contributed by atoms with Crippen molar-refractivity contribution in [2.75, 3.05) is 0 Å². The van der Waals surface area contributed by atoms with Gasteiger partial charge in [-0.25, -0.2) is 4.57 Å². The number of hydrogen-bond acceptors (Lipinski definition) is 1. The molecule has 0 aliphatic heterocycles. The molecule has 0 amide bonds. The molecule has 0 aliphatic carbocycles. The average Bonchev–Trinajstić information content (AvgIpc) is 1.95. The van der Waals surface area contributed by atoms with Gasteiger partial charge in [0.1, 0.15) is 0 Å². The fourth-order valence-electron chi connectivity index (χ4n) is 0.887. The molecule has 0 atom stereocenters. The Morgan fingerprint density at radius 3 is 1.65 bits per heavy atom. The molecule has 0 fully saturated rings. The van der Waals surface area contributed by atoms with Gasteiger partial charge in [-0.3, -0.25) is 0 Å². The minimum absolute atomic E-state index is 1.06. The number of nitrogens with zero attached hydrogens (tertiary/aromatic N) is 2. The van der Waals surface area contributed by atoms with E-state index >= 15 is 0 Å². The Bertz CT molecular complexity index is 363. The van der Waals surface area contributed by atoms with Crippen LogP contribution < -0.4 is 4.57 Å². The van der Waals surface area contributed by atoms with Gasteiger partial charge in [0.15, 0.2) is 5.69 Å². The molecule has 0 aliphatic rings. The van der Waals surface area contributed by atoms with Crippen molar-refractivity contribution in [3.63, 3.8) is 0 Å². The fourth-order valence-corrected chi connectivity index (χ4v) is 0.887. The average molecular weight is 282 g/mol. The second-order valence-electron chi connectivity index (χ2n) is 3.63. The van der Waals surface area contributed by atoms with E-state index in [4.69, 9.17) is 0 Å². The summed E-state index contributed by atoms with van der Waals surface area (Å²) in [6.07, 6.45) is 2.09. The Kier molecular flexibility index (Phi) is 3.59. The zero-order valence-corrected chi connectivity index (χ0v) is 10.6. The van der Waals surface area contributed by atoms with E-state index in [1.807, 2.05) is 25.5 Å². The molecule has 0 unspecified atom stereocenters. The van der Waals surface area contributed by atoms with E-state index in [-0.39, 0.29) is 0 Å². The van der Waals surface area contributed by atoms with E-state index in [0.717, 1.165) is 11.5 Å². The molecular formula is C8H13F6N2P. The van der Waals surface area contributed by atoms with Crippen LogP contribution in [0.25, 0.3) is 0 Å². The van der Waals surface area contributed by atoms with Crippen LogP contribution in [-0.2, 0) is 7.05 Å². The van der Waals surface area contributed by atoms with Gasteiger partial charge >= 0.3 is 33.0 Å². The van der Waals surface area contributed by atoms with Crippen molar-refractivity contribution in [2.24, 2.45) is 7.05 Å². The Morgan fingerprint density at radius 2 is 1.35 bits per heavy atom. The molecule has 0 bridgehead atoms. The molecule has 102 valence electrons. The van der Waals surface area contributed by atoms with Crippen molar-refractivity contribution in [3.05, 3.63) is 23.3 Å². The molecule has 1 heterocycles. The summed E-state index contributed by atoms with van der Waals surface area (Å²) in [7, 11) is -8.65. The van der Waals surface area contributed by atoms with Gasteiger partial charge in [-0.15, -0.1) is 0 Å². The number of aromatic nitrogens is 2. The Labute approximate surface area is 94.5 Å². The normalized spacial score (nSPS) is 15.4. The van der Waals surface area contributed by atoms with Gasteiger partial charge in [0.25, 0.3) is 5.82 Å². The van der Waals surface area contributed by atoms with Crippen LogP contribution in [0.1, 0.15) is 17.1 Å². The molecule has 17 heavy (non-hydrogen) atoms. The summed E-state index contributed by atoms with van der Waals surface area (Å²) >= 11 is 0. The number of hydrogen-bond donors (Lipinski definition) is 0. The Morgan fingerprint density at radius 1 is 1.00 bits per heavy atom. The molecule has 0 saturated carbocycles. The number of halogens is 6. The zero-order valence-electron chi connectivity index (χ0n) is 9.69. The van der Waals surface area contributed by atoms with Crippen LogP contribution in [0.4, 0.5) is 25.2 Å². The molecule has 0 saturated heterocycles. The Hall–Kier alpha value is -0.910. The monoisotopic (exact) mass is 282 g/mol. The van der Waals surface area contributed by atoms with E-state index < -0.39 is 7.81 Å². The van der Waals surface area contributed by atoms with Crippen LogP contribution in [-0.4, -0.2) is 4.98 Å². The summed E-state index contributed by atoms with van der Waals surface area (Å²) in [5.74, 6) is 1.06. The quantitative estimate of drug-likeness (QED) is 0.395. The maximum absolute atomic E-state index is 10.7. The van der Waals surface area contributed by atoms with E-state index in [1.54, 1.807) is 0 Å². The zero-order chi connectivity index (χ0) is 14.1. The molecule has 0 radical (unpaired) electrons. The van der Waals surface area contributed by atoms with Gasteiger partial charge in [0, 0.05) is 19.4 Å². The molecular weight excluding hydrogens is 269 g/mol. The van der Waals surface area contributed by atoms with Gasteiger partial charge in [-0.1, -0.05) is 4.98 Å². The molecule has 0 aromatic carbocycles. The minimum atomic E-state index is -10.7. The first kappa shape index (κ1) is 16.1. The van der Waals surface area contributed by atoms with Crippen LogP contribution in [0.3, 0.4) is 0 Å². The van der Waals surface area contributed by atoms with Gasteiger partial charge in [0.05, 0.1) is 13.2 Å². The fraction of sp³-hybridized carbons (Fsp3) is 0.500. The molecule has 0 spiro atoms. The van der Waals surface area contributed by atoms with Gasteiger partial charge in [-0.2, -0.15) is 0 Å². The molecule has 0 N–H and O–H groups in total. The standard InChI is InChI=1S/C8H13N2.F6P/c1-6-5-10(4)8(3)9-7(6)2;1-7(2,3,4,5)6/h5H,1-4H3;/q+1;-1. The second-order valence-corrected chi connectivity index (χ2v) is 5.54. The van der Waals surface area contributed by atoms with Crippen LogP contribution in [0.15, 0.2) is 6.20 Å². The molecule has 9 heteroatoms. The van der Waals surface area contributed by atoms with Crippen LogP contribution >= 0.6 is 7.81 Å². The molecule has 1 rings (SSSR count). The first-order valence-corrected chi connectivity index (χ1v) is 6.46. The van der Waals surface area contributed by atoms with Crippen LogP contribution in [0.5, 0.6) is 0 Å². The van der Waals surface area contributed by atoms with E-state index in [9.17, 15) is 25.2 Å². The van der Waals surface area contributed by atoms with Gasteiger partial charge in [-0.05, 0) is 6.92 Å². The third-order valence-corrected chi connectivity index (χ3v) is 1.80. The molecule has 1 aromatic rings. The SMILES string of the molecule is Cc1c[n+](C)c(C)nc1C.F[P-](F)(F)(F)(F)F. The first-order valence-electron chi connectivity index (χ1n) is 4.43. The van der Waals surface area contributed by atoms with Crippen molar-refractivity contribution in [1.82, 2.24) is 4.98 Å². The summed E-state index contributed by atoms with van der Waals surface area (Å²) in [4.78, 5) is 4.34. The van der Waals surface area contributed by atoms with E-state index in [1.165, 1.54) is 5.56 Å². The summed E-state index contributed by atoms with van der Waals surface area (Å²) < 4.78 is 61.2. The predicted octanol–water partition coefficient (Wildman–Crippen LogP) is 4.21. The molecule has 1 aromatic heterocycles. The van der Waals surface area contributed by atoms with Crippen LogP contribution in [0.2, 0.25) is 0 Å². The van der Waals surface area contributed by atoms with E-state index in [0.29, 0.717) is 0 Å². The Balaban J connectivity index is 0.000000325. The summed E-state index contributed by atoms with van der Waals surface area (Å²) in [5.41, 5.74) is 2.36. The van der Waals surface area contributed by atoms with Crippen molar-refractivity contribution in [1.29, 1.82) is 0 Å². The summed E-state index contributed by atoms with van der Waals surface area (Å²) in [6.45, 7) is 6.11. The third-order valence-electron chi connectivity index (χ3n) is 1.80. The van der Waals surface area contributed by atoms with Gasteiger partial charge < -0.3 is 0 Å². The summed E-state index contributed by atoms with van der Waals surface area (Å²) in [6, 6.07) is 0. The second kappa shape index (κ2) is 3.80. The van der Waals surface area contributed by atoms with Crippen molar-refractivity contribution >= 4 is 7.81 Å². The maximum atomic E-state index is 9.87. The van der Waals surface area contributed by atoms with Crippen molar-refractivity contribution in [2.45, 2.75) is 20.8 Å². The first-order chi connectivity index (χ1) is 7.06. The van der Waals surface area contributed by atoms with Crippen LogP contribution in [0, 0.1) is 20.8 Å². The third kappa shape index (κ3) is 11.4. The van der Waals surface area contributed by atoms with Gasteiger partial charge in [0.2, 0.25) is 0 Å². The summed E-state index contributed by atoms with van der Waals surface area (Å²) in [5, 5.41) is 0.